The van der Waals surface area contributed by atoms with E-state index in [1.54, 1.807) is 30.2 Å². The summed E-state index contributed by atoms with van der Waals surface area (Å²) in [5, 5.41) is 2.94. The summed E-state index contributed by atoms with van der Waals surface area (Å²) in [4.78, 5) is 26.0. The van der Waals surface area contributed by atoms with E-state index in [-0.39, 0.29) is 24.5 Å². The molecule has 1 heterocycles. The zero-order valence-corrected chi connectivity index (χ0v) is 13.9. The van der Waals surface area contributed by atoms with Gasteiger partial charge in [0.1, 0.15) is 5.75 Å². The topological polar surface area (TPSA) is 67.9 Å². The fourth-order valence-electron chi connectivity index (χ4n) is 2.32. The zero-order valence-electron chi connectivity index (χ0n) is 13.9. The number of ether oxygens (including phenoxy) is 2. The molecule has 1 atom stereocenters. The van der Waals surface area contributed by atoms with Gasteiger partial charge in [-0.1, -0.05) is 6.92 Å². The lowest BCUT2D eigenvalue weighted by molar-refractivity contribution is -0.133. The molecule has 1 N–H and O–H groups in total. The molecule has 0 bridgehead atoms. The summed E-state index contributed by atoms with van der Waals surface area (Å²) in [5.74, 6) is 0.461. The van der Waals surface area contributed by atoms with Crippen molar-refractivity contribution in [2.24, 2.45) is 0 Å². The van der Waals surface area contributed by atoms with Crippen LogP contribution in [0.15, 0.2) is 18.2 Å². The molecule has 1 aromatic carbocycles. The molecular weight excluding hydrogens is 296 g/mol. The Morgan fingerprint density at radius 1 is 1.48 bits per heavy atom. The average Bonchev–Trinajstić information content (AvgIpc) is 2.71. The first kappa shape index (κ1) is 17.3. The van der Waals surface area contributed by atoms with Crippen LogP contribution >= 0.6 is 0 Å². The summed E-state index contributed by atoms with van der Waals surface area (Å²) in [5.41, 5.74) is 1.41. The highest BCUT2D eigenvalue weighted by Crippen LogP contribution is 2.24. The Morgan fingerprint density at radius 2 is 2.26 bits per heavy atom. The van der Waals surface area contributed by atoms with Gasteiger partial charge in [-0.3, -0.25) is 9.59 Å². The second kappa shape index (κ2) is 7.97. The molecule has 0 saturated carbocycles. The van der Waals surface area contributed by atoms with Crippen LogP contribution in [0.5, 0.6) is 5.75 Å². The Kier molecular flexibility index (Phi) is 5.98. The fraction of sp³-hybridized carbons (Fsp3) is 0.529. The van der Waals surface area contributed by atoms with Crippen molar-refractivity contribution >= 4 is 11.8 Å². The van der Waals surface area contributed by atoms with Crippen LogP contribution in [0.4, 0.5) is 0 Å². The van der Waals surface area contributed by atoms with Crippen LogP contribution < -0.4 is 10.1 Å². The second-order valence-corrected chi connectivity index (χ2v) is 5.70. The van der Waals surface area contributed by atoms with Crippen LogP contribution in [0, 0.1) is 0 Å². The van der Waals surface area contributed by atoms with Gasteiger partial charge in [0, 0.05) is 37.4 Å². The largest absolute Gasteiger partial charge is 0.483 e. The Hall–Kier alpha value is -2.08. The van der Waals surface area contributed by atoms with Gasteiger partial charge in [0.25, 0.3) is 11.8 Å². The van der Waals surface area contributed by atoms with Crippen LogP contribution in [-0.2, 0) is 16.1 Å². The number of carbonyl (C=O) groups is 2. The molecule has 2 amide bonds. The minimum atomic E-state index is -0.110. The van der Waals surface area contributed by atoms with Crippen LogP contribution in [0.3, 0.4) is 0 Å². The lowest BCUT2D eigenvalue weighted by Crippen LogP contribution is -2.35. The van der Waals surface area contributed by atoms with Crippen molar-refractivity contribution in [2.45, 2.75) is 32.9 Å². The highest BCUT2D eigenvalue weighted by Gasteiger charge is 2.22. The third-order valence-electron chi connectivity index (χ3n) is 3.94. The molecule has 1 aliphatic heterocycles. The first-order valence-electron chi connectivity index (χ1n) is 7.88. The van der Waals surface area contributed by atoms with Crippen LogP contribution in [0.1, 0.15) is 36.2 Å². The molecule has 0 spiro atoms. The summed E-state index contributed by atoms with van der Waals surface area (Å²) in [6, 6.07) is 5.41. The zero-order chi connectivity index (χ0) is 16.8. The highest BCUT2D eigenvalue weighted by molar-refractivity contribution is 5.94. The van der Waals surface area contributed by atoms with Gasteiger partial charge in [-0.25, -0.2) is 0 Å². The molecule has 0 aliphatic carbocycles. The van der Waals surface area contributed by atoms with Crippen molar-refractivity contribution in [3.05, 3.63) is 29.3 Å². The molecule has 0 aromatic heterocycles. The summed E-state index contributed by atoms with van der Waals surface area (Å²) in [6.45, 7) is 5.39. The molecule has 2 rings (SSSR count). The Labute approximate surface area is 136 Å². The van der Waals surface area contributed by atoms with Gasteiger partial charge in [-0.2, -0.15) is 0 Å². The molecule has 0 radical (unpaired) electrons. The SMILES string of the molecule is CC[C@H](C)NC(=O)c1ccc2c(c1)CN(CCOC)C(=O)CO2. The standard InChI is InChI=1S/C17H24N2O4/c1-4-12(2)18-17(21)13-5-6-15-14(9-13)10-19(7-8-22-3)16(20)11-23-15/h5-6,9,12H,4,7-8,10-11H2,1-3H3,(H,18,21)/t12-/m0/s1. The van der Waals surface area contributed by atoms with Crippen LogP contribution in [0.25, 0.3) is 0 Å². The molecule has 23 heavy (non-hydrogen) atoms. The maximum atomic E-state index is 12.3. The van der Waals surface area contributed by atoms with Crippen molar-refractivity contribution in [3.8, 4) is 5.75 Å². The van der Waals surface area contributed by atoms with Crippen molar-refractivity contribution in [1.82, 2.24) is 10.2 Å². The third kappa shape index (κ3) is 4.45. The first-order chi connectivity index (χ1) is 11.0. The predicted octanol–water partition coefficient (Wildman–Crippen LogP) is 1.58. The van der Waals surface area contributed by atoms with E-state index in [0.717, 1.165) is 12.0 Å². The van der Waals surface area contributed by atoms with E-state index in [9.17, 15) is 9.59 Å². The number of fused-ring (bicyclic) bond motifs is 1. The highest BCUT2D eigenvalue weighted by atomic mass is 16.5. The Balaban J connectivity index is 2.18. The van der Waals surface area contributed by atoms with Crippen molar-refractivity contribution < 1.29 is 19.1 Å². The van der Waals surface area contributed by atoms with Gasteiger partial charge < -0.3 is 19.7 Å². The molecule has 1 aromatic rings. The van der Waals surface area contributed by atoms with E-state index in [1.165, 1.54) is 0 Å². The number of benzene rings is 1. The summed E-state index contributed by atoms with van der Waals surface area (Å²) >= 11 is 0. The minimum absolute atomic E-state index is 0.00905. The first-order valence-corrected chi connectivity index (χ1v) is 7.88. The maximum Gasteiger partial charge on any atom is 0.260 e. The average molecular weight is 320 g/mol. The summed E-state index contributed by atoms with van der Waals surface area (Å²) in [7, 11) is 1.60. The summed E-state index contributed by atoms with van der Waals surface area (Å²) in [6.07, 6.45) is 0.874. The smallest absolute Gasteiger partial charge is 0.260 e. The van der Waals surface area contributed by atoms with E-state index in [4.69, 9.17) is 9.47 Å². The van der Waals surface area contributed by atoms with Crippen LogP contribution in [-0.4, -0.2) is 49.6 Å². The number of rotatable bonds is 6. The maximum absolute atomic E-state index is 12.3. The molecule has 1 aliphatic rings. The number of nitrogens with one attached hydrogen (secondary N) is 1. The van der Waals surface area contributed by atoms with E-state index < -0.39 is 0 Å². The van der Waals surface area contributed by atoms with E-state index in [1.807, 2.05) is 13.8 Å². The number of nitrogens with zero attached hydrogens (tertiary/aromatic N) is 1. The number of methoxy groups -OCH3 is 1. The molecule has 0 saturated heterocycles. The third-order valence-corrected chi connectivity index (χ3v) is 3.94. The lowest BCUT2D eigenvalue weighted by atomic mass is 10.1. The Morgan fingerprint density at radius 3 is 2.96 bits per heavy atom. The normalized spacial score (nSPS) is 15.4. The molecule has 0 unspecified atom stereocenters. The molecule has 6 nitrogen and oxygen atoms in total. The lowest BCUT2D eigenvalue weighted by Gasteiger charge is -2.19. The van der Waals surface area contributed by atoms with E-state index in [0.29, 0.717) is 31.0 Å². The second-order valence-electron chi connectivity index (χ2n) is 5.70. The minimum Gasteiger partial charge on any atom is -0.483 e. The number of carbonyl (C=O) groups excluding carboxylic acids is 2. The van der Waals surface area contributed by atoms with Gasteiger partial charge in [0.15, 0.2) is 6.61 Å². The van der Waals surface area contributed by atoms with Gasteiger partial charge >= 0.3 is 0 Å². The molecule has 0 fully saturated rings. The van der Waals surface area contributed by atoms with Crippen LogP contribution in [0.2, 0.25) is 0 Å². The van der Waals surface area contributed by atoms with Gasteiger partial charge in [0.2, 0.25) is 0 Å². The van der Waals surface area contributed by atoms with Crippen molar-refractivity contribution in [1.29, 1.82) is 0 Å². The summed E-state index contributed by atoms with van der Waals surface area (Å²) < 4.78 is 10.6. The van der Waals surface area contributed by atoms with E-state index >= 15 is 0 Å². The Bertz CT molecular complexity index is 574. The fourth-order valence-corrected chi connectivity index (χ4v) is 2.32. The van der Waals surface area contributed by atoms with Gasteiger partial charge in [0.05, 0.1) is 6.61 Å². The number of amides is 2. The molecule has 6 heteroatoms. The van der Waals surface area contributed by atoms with Gasteiger partial charge in [-0.05, 0) is 31.5 Å². The quantitative estimate of drug-likeness (QED) is 0.864. The van der Waals surface area contributed by atoms with E-state index in [2.05, 4.69) is 5.32 Å². The number of hydrogen-bond donors (Lipinski definition) is 1. The monoisotopic (exact) mass is 320 g/mol. The molecule has 126 valence electrons. The molecular formula is C17H24N2O4. The number of hydrogen-bond acceptors (Lipinski definition) is 4. The van der Waals surface area contributed by atoms with Crippen molar-refractivity contribution in [3.63, 3.8) is 0 Å². The van der Waals surface area contributed by atoms with Crippen molar-refractivity contribution in [2.75, 3.05) is 26.9 Å². The van der Waals surface area contributed by atoms with Gasteiger partial charge in [-0.15, -0.1) is 0 Å². The predicted molar refractivity (Wildman–Crippen MR) is 86.4 cm³/mol.